The van der Waals surface area contributed by atoms with Crippen LogP contribution in [0.5, 0.6) is 0 Å². The maximum Gasteiger partial charge on any atom is 0.186 e. The van der Waals surface area contributed by atoms with Gasteiger partial charge in [0, 0.05) is 0 Å². The molecule has 0 aromatic heterocycles. The van der Waals surface area contributed by atoms with Gasteiger partial charge in [0.2, 0.25) is 0 Å². The minimum atomic E-state index is -1.24. The molecule has 1 aliphatic rings. The zero-order valence-corrected chi connectivity index (χ0v) is 19.4. The lowest BCUT2D eigenvalue weighted by Gasteiger charge is -2.34. The number of rotatable bonds is 12. The van der Waals surface area contributed by atoms with Gasteiger partial charge in [-0.1, -0.05) is 46.6 Å². The number of allylic oxidation sites excluding steroid dienone is 7. The van der Waals surface area contributed by atoms with Crippen molar-refractivity contribution in [3.63, 3.8) is 0 Å². The first-order valence-corrected chi connectivity index (χ1v) is 11.1. The summed E-state index contributed by atoms with van der Waals surface area (Å²) in [5.74, 6) is 0. The molecule has 0 unspecified atom stereocenters. The van der Waals surface area contributed by atoms with Crippen LogP contribution in [0.15, 0.2) is 46.6 Å². The van der Waals surface area contributed by atoms with Crippen LogP contribution in [0.1, 0.15) is 73.1 Å². The van der Waals surface area contributed by atoms with Crippen LogP contribution in [0.4, 0.5) is 0 Å². The van der Waals surface area contributed by atoms with Crippen LogP contribution in [0.2, 0.25) is 0 Å². The molecule has 0 aromatic rings. The summed E-state index contributed by atoms with van der Waals surface area (Å²) in [4.78, 5) is 0. The highest BCUT2D eigenvalue weighted by Crippen LogP contribution is 2.17. The van der Waals surface area contributed by atoms with E-state index >= 15 is 0 Å². The number of aliphatic hydroxyl groups excluding tert-OH is 3. The lowest BCUT2D eigenvalue weighted by atomic mass is 10.0. The molecule has 0 amide bonds. The summed E-state index contributed by atoms with van der Waals surface area (Å²) in [5.41, 5.74) is 5.47. The number of ether oxygens (including phenoxy) is 2. The van der Waals surface area contributed by atoms with Crippen molar-refractivity contribution in [3.8, 4) is 0 Å². The minimum absolute atomic E-state index is 0.0418. The highest BCUT2D eigenvalue weighted by Gasteiger charge is 2.37. The van der Waals surface area contributed by atoms with E-state index in [2.05, 4.69) is 52.8 Å². The second-order valence-electron chi connectivity index (χ2n) is 8.63. The molecule has 1 rings (SSSR count). The second-order valence-corrected chi connectivity index (χ2v) is 8.63. The van der Waals surface area contributed by atoms with Gasteiger partial charge in [-0.3, -0.25) is 0 Å². The summed E-state index contributed by atoms with van der Waals surface area (Å²) < 4.78 is 10.7. The number of hydrogen-bond acceptors (Lipinski definition) is 5. The summed E-state index contributed by atoms with van der Waals surface area (Å²) in [7, 11) is 0. The molecular weight excluding hydrogens is 380 g/mol. The van der Waals surface area contributed by atoms with E-state index in [0.29, 0.717) is 6.61 Å². The first-order valence-electron chi connectivity index (χ1n) is 11.1. The molecule has 1 aliphatic heterocycles. The fourth-order valence-corrected chi connectivity index (χ4v) is 3.20. The number of aliphatic hydroxyl groups is 3. The molecule has 0 bridgehead atoms. The second kappa shape index (κ2) is 14.7. The molecule has 172 valence electrons. The highest BCUT2D eigenvalue weighted by molar-refractivity contribution is 5.07. The van der Waals surface area contributed by atoms with E-state index < -0.39 is 24.6 Å². The van der Waals surface area contributed by atoms with Crippen molar-refractivity contribution >= 4 is 0 Å². The Morgan fingerprint density at radius 3 is 1.80 bits per heavy atom. The lowest BCUT2D eigenvalue weighted by Crippen LogP contribution is -2.53. The first-order chi connectivity index (χ1) is 14.2. The Morgan fingerprint density at radius 2 is 1.27 bits per heavy atom. The Hall–Kier alpha value is -1.24. The summed E-state index contributed by atoms with van der Waals surface area (Å²) >= 11 is 0. The van der Waals surface area contributed by atoms with E-state index in [4.69, 9.17) is 9.47 Å². The van der Waals surface area contributed by atoms with E-state index in [9.17, 15) is 15.3 Å². The lowest BCUT2D eigenvalue weighted by molar-refractivity contribution is -0.266. The van der Waals surface area contributed by atoms with Crippen LogP contribution in [-0.2, 0) is 9.47 Å². The monoisotopic (exact) mass is 422 g/mol. The smallest absolute Gasteiger partial charge is 0.186 e. The normalized spacial score (nSPS) is 26.1. The van der Waals surface area contributed by atoms with Crippen molar-refractivity contribution in [2.75, 3.05) is 13.2 Å². The molecule has 1 heterocycles. The van der Waals surface area contributed by atoms with E-state index in [1.54, 1.807) is 0 Å². The van der Waals surface area contributed by atoms with E-state index in [1.807, 2.05) is 6.08 Å². The first kappa shape index (κ1) is 26.8. The van der Waals surface area contributed by atoms with Gasteiger partial charge in [-0.25, -0.2) is 0 Å². The van der Waals surface area contributed by atoms with Crippen LogP contribution < -0.4 is 0 Å². The molecule has 30 heavy (non-hydrogen) atoms. The molecule has 1 saturated heterocycles. The Bertz CT molecular complexity index is 613. The molecule has 3 N–H and O–H groups in total. The summed E-state index contributed by atoms with van der Waals surface area (Å²) in [5, 5.41) is 28.9. The summed E-state index contributed by atoms with van der Waals surface area (Å²) in [6, 6.07) is 0. The van der Waals surface area contributed by atoms with Gasteiger partial charge < -0.3 is 24.8 Å². The van der Waals surface area contributed by atoms with Gasteiger partial charge in [0.25, 0.3) is 0 Å². The maximum absolute atomic E-state index is 9.85. The Morgan fingerprint density at radius 1 is 0.767 bits per heavy atom. The van der Waals surface area contributed by atoms with Gasteiger partial charge >= 0.3 is 0 Å². The van der Waals surface area contributed by atoms with Gasteiger partial charge in [-0.2, -0.15) is 0 Å². The molecule has 1 fully saturated rings. The Labute approximate surface area is 182 Å². The Balaban J connectivity index is 2.24. The molecule has 4 atom stereocenters. The third-order valence-corrected chi connectivity index (χ3v) is 5.30. The topological polar surface area (TPSA) is 79.2 Å². The minimum Gasteiger partial charge on any atom is -0.388 e. The van der Waals surface area contributed by atoms with Crippen molar-refractivity contribution in [1.82, 2.24) is 0 Å². The highest BCUT2D eigenvalue weighted by atomic mass is 16.7. The van der Waals surface area contributed by atoms with Crippen molar-refractivity contribution < 1.29 is 24.8 Å². The summed E-state index contributed by atoms with van der Waals surface area (Å²) in [6.07, 6.45) is 10.9. The number of hydrogen-bond donors (Lipinski definition) is 3. The van der Waals surface area contributed by atoms with E-state index in [-0.39, 0.29) is 6.61 Å². The van der Waals surface area contributed by atoms with Crippen molar-refractivity contribution in [1.29, 1.82) is 0 Å². The quantitative estimate of drug-likeness (QED) is 0.401. The van der Waals surface area contributed by atoms with E-state index in [1.165, 1.54) is 22.3 Å². The summed E-state index contributed by atoms with van der Waals surface area (Å²) in [6.45, 7) is 11.0. The van der Waals surface area contributed by atoms with Gasteiger partial charge in [-0.15, -0.1) is 0 Å². The average molecular weight is 423 g/mol. The van der Waals surface area contributed by atoms with Crippen molar-refractivity contribution in [2.24, 2.45) is 0 Å². The van der Waals surface area contributed by atoms with Gasteiger partial charge in [0.1, 0.15) is 18.3 Å². The predicted octanol–water partition coefficient (Wildman–Crippen LogP) is 4.59. The van der Waals surface area contributed by atoms with Crippen LogP contribution in [0, 0.1) is 0 Å². The van der Waals surface area contributed by atoms with Crippen LogP contribution in [0.25, 0.3) is 0 Å². The average Bonchev–Trinajstić information content (AvgIpc) is 2.67. The third kappa shape index (κ3) is 11.2. The molecule has 0 saturated carbocycles. The third-order valence-electron chi connectivity index (χ3n) is 5.30. The SMILES string of the molecule is CC(C)=CCCC(C)=CCCC(C)=CCCC(C)=CCO[C@H]1OC[C@@H](O)[C@H](O)[C@H]1O. The fraction of sp³-hybridized carbons (Fsp3) is 0.680. The van der Waals surface area contributed by atoms with Crippen molar-refractivity contribution in [3.05, 3.63) is 46.6 Å². The molecule has 5 heteroatoms. The van der Waals surface area contributed by atoms with Crippen LogP contribution in [0.3, 0.4) is 0 Å². The Kier molecular flexibility index (Phi) is 13.1. The van der Waals surface area contributed by atoms with Gasteiger partial charge in [0.15, 0.2) is 6.29 Å². The predicted molar refractivity (Wildman–Crippen MR) is 122 cm³/mol. The molecule has 0 aliphatic carbocycles. The largest absolute Gasteiger partial charge is 0.388 e. The van der Waals surface area contributed by atoms with E-state index in [0.717, 1.165) is 38.5 Å². The molecule has 0 aromatic carbocycles. The molecule has 0 radical (unpaired) electrons. The molecular formula is C25H42O5. The maximum atomic E-state index is 9.85. The van der Waals surface area contributed by atoms with Gasteiger partial charge in [-0.05, 0) is 73.1 Å². The standard InChI is InChI=1S/C25H42O5/c1-18(2)9-6-10-19(3)11-7-12-20(4)13-8-14-21(5)15-16-29-25-24(28)23(27)22(26)17-30-25/h9,11,13,15,22-28H,6-8,10,12,14,16-17H2,1-5H3/t22-,23+,24-,25+/m1/s1. The zero-order chi connectivity index (χ0) is 22.5. The fourth-order valence-electron chi connectivity index (χ4n) is 3.20. The zero-order valence-electron chi connectivity index (χ0n) is 19.4. The van der Waals surface area contributed by atoms with Crippen LogP contribution in [-0.4, -0.2) is 53.1 Å². The van der Waals surface area contributed by atoms with Crippen LogP contribution >= 0.6 is 0 Å². The molecule has 5 nitrogen and oxygen atoms in total. The van der Waals surface area contributed by atoms with Crippen molar-refractivity contribution in [2.45, 2.75) is 97.7 Å². The van der Waals surface area contributed by atoms with Gasteiger partial charge in [0.05, 0.1) is 13.2 Å². The molecule has 0 spiro atoms.